The zero-order chi connectivity index (χ0) is 15.7. The average Bonchev–Trinajstić information content (AvgIpc) is 2.44. The van der Waals surface area contributed by atoms with Gasteiger partial charge in [-0.05, 0) is 49.9 Å². The fourth-order valence-corrected chi connectivity index (χ4v) is 2.21. The van der Waals surface area contributed by atoms with E-state index in [4.69, 9.17) is 4.74 Å². The summed E-state index contributed by atoms with van der Waals surface area (Å²) in [6.45, 7) is 3.72. The molecule has 0 saturated carbocycles. The zero-order valence-electron chi connectivity index (χ0n) is 12.7. The molecule has 0 aliphatic rings. The van der Waals surface area contributed by atoms with Crippen LogP contribution in [0.5, 0.6) is 0 Å². The number of hydrogen-bond donors (Lipinski definition) is 1. The van der Waals surface area contributed by atoms with Crippen molar-refractivity contribution in [3.05, 3.63) is 35.4 Å². The molecule has 2 nitrogen and oxygen atoms in total. The molecule has 0 amide bonds. The Morgan fingerprint density at radius 3 is 2.38 bits per heavy atom. The molecule has 1 aromatic carbocycles. The number of methoxy groups -OCH3 is 1. The molecular weight excluding hydrogens is 279 g/mol. The number of hydrogen-bond acceptors (Lipinski definition) is 2. The van der Waals surface area contributed by atoms with E-state index >= 15 is 0 Å². The molecule has 120 valence electrons. The molecule has 1 rings (SSSR count). The molecule has 0 fully saturated rings. The average molecular weight is 303 g/mol. The Labute approximate surface area is 124 Å². The third-order valence-corrected chi connectivity index (χ3v) is 3.35. The Morgan fingerprint density at radius 1 is 1.19 bits per heavy atom. The van der Waals surface area contributed by atoms with Gasteiger partial charge in [0, 0.05) is 19.8 Å². The topological polar surface area (TPSA) is 21.3 Å². The molecule has 0 aromatic heterocycles. The van der Waals surface area contributed by atoms with Crippen LogP contribution in [-0.4, -0.2) is 26.3 Å². The number of ether oxygens (including phenoxy) is 1. The van der Waals surface area contributed by atoms with E-state index in [9.17, 15) is 13.2 Å². The Bertz CT molecular complexity index is 390. The zero-order valence-corrected chi connectivity index (χ0v) is 12.7. The van der Waals surface area contributed by atoms with Crippen molar-refractivity contribution < 1.29 is 17.9 Å². The Morgan fingerprint density at radius 2 is 1.86 bits per heavy atom. The van der Waals surface area contributed by atoms with E-state index in [-0.39, 0.29) is 6.04 Å². The van der Waals surface area contributed by atoms with E-state index in [0.29, 0.717) is 6.61 Å². The minimum atomic E-state index is -4.27. The molecule has 5 heteroatoms. The van der Waals surface area contributed by atoms with Crippen molar-refractivity contribution in [2.24, 2.45) is 0 Å². The lowest BCUT2D eigenvalue weighted by atomic mass is 10.0. The lowest BCUT2D eigenvalue weighted by Crippen LogP contribution is -2.32. The van der Waals surface area contributed by atoms with Crippen LogP contribution < -0.4 is 5.32 Å². The normalized spacial score (nSPS) is 13.4. The summed E-state index contributed by atoms with van der Waals surface area (Å²) in [7, 11) is 1.67. The third kappa shape index (κ3) is 6.96. The van der Waals surface area contributed by atoms with Gasteiger partial charge in [0.1, 0.15) is 0 Å². The predicted octanol–water partition coefficient (Wildman–Crippen LogP) is 4.04. The van der Waals surface area contributed by atoms with Gasteiger partial charge >= 0.3 is 6.18 Å². The lowest BCUT2D eigenvalue weighted by Gasteiger charge is -2.19. The molecule has 0 heterocycles. The van der Waals surface area contributed by atoms with E-state index in [1.54, 1.807) is 19.2 Å². The van der Waals surface area contributed by atoms with Gasteiger partial charge in [0.05, 0.1) is 5.56 Å². The number of halogens is 3. The largest absolute Gasteiger partial charge is 0.416 e. The van der Waals surface area contributed by atoms with Crippen LogP contribution in [0.2, 0.25) is 0 Å². The predicted molar refractivity (Wildman–Crippen MR) is 78.3 cm³/mol. The van der Waals surface area contributed by atoms with Gasteiger partial charge < -0.3 is 10.1 Å². The number of alkyl halides is 3. The minimum absolute atomic E-state index is 0.275. The molecule has 1 aromatic rings. The Balaban J connectivity index is 2.60. The van der Waals surface area contributed by atoms with Gasteiger partial charge in [-0.25, -0.2) is 0 Å². The van der Waals surface area contributed by atoms with Crippen LogP contribution in [0.3, 0.4) is 0 Å². The molecule has 0 bridgehead atoms. The second-order valence-electron chi connectivity index (χ2n) is 5.18. The van der Waals surface area contributed by atoms with Crippen LogP contribution in [0, 0.1) is 0 Å². The maximum absolute atomic E-state index is 12.5. The summed E-state index contributed by atoms with van der Waals surface area (Å²) < 4.78 is 42.6. The van der Waals surface area contributed by atoms with Gasteiger partial charge in [0.25, 0.3) is 0 Å². The van der Waals surface area contributed by atoms with Crippen molar-refractivity contribution in [2.45, 2.75) is 44.8 Å². The molecular formula is C16H24F3NO. The first-order valence-electron chi connectivity index (χ1n) is 7.35. The van der Waals surface area contributed by atoms with Crippen molar-refractivity contribution in [3.8, 4) is 0 Å². The van der Waals surface area contributed by atoms with Crippen LogP contribution in [0.15, 0.2) is 24.3 Å². The smallest absolute Gasteiger partial charge is 0.385 e. The fourth-order valence-electron chi connectivity index (χ4n) is 2.21. The van der Waals surface area contributed by atoms with Gasteiger partial charge in [-0.1, -0.05) is 19.1 Å². The second kappa shape index (κ2) is 9.05. The summed E-state index contributed by atoms with van der Waals surface area (Å²) in [5.41, 5.74) is 0.331. The summed E-state index contributed by atoms with van der Waals surface area (Å²) in [4.78, 5) is 0. The standard InChI is InChI=1S/C16H24F3NO/c1-3-10-20-15(5-4-11-21-2)12-13-6-8-14(9-7-13)16(17,18)19/h6-9,15,20H,3-5,10-12H2,1-2H3. The summed E-state index contributed by atoms with van der Waals surface area (Å²) in [6.07, 6.45) is -0.597. The summed E-state index contributed by atoms with van der Waals surface area (Å²) in [5.74, 6) is 0. The maximum Gasteiger partial charge on any atom is 0.416 e. The molecule has 0 radical (unpaired) electrons. The van der Waals surface area contributed by atoms with Crippen LogP contribution in [0.25, 0.3) is 0 Å². The van der Waals surface area contributed by atoms with Crippen molar-refractivity contribution in [3.63, 3.8) is 0 Å². The highest BCUT2D eigenvalue weighted by Crippen LogP contribution is 2.29. The lowest BCUT2D eigenvalue weighted by molar-refractivity contribution is -0.137. The monoisotopic (exact) mass is 303 g/mol. The number of benzene rings is 1. The van der Waals surface area contributed by atoms with Gasteiger partial charge in [-0.3, -0.25) is 0 Å². The van der Waals surface area contributed by atoms with E-state index in [1.165, 1.54) is 0 Å². The number of rotatable bonds is 9. The first-order chi connectivity index (χ1) is 9.97. The van der Waals surface area contributed by atoms with E-state index in [0.717, 1.165) is 49.9 Å². The van der Waals surface area contributed by atoms with Crippen molar-refractivity contribution >= 4 is 0 Å². The minimum Gasteiger partial charge on any atom is -0.385 e. The molecule has 1 N–H and O–H groups in total. The Hall–Kier alpha value is -1.07. The first-order valence-corrected chi connectivity index (χ1v) is 7.35. The van der Waals surface area contributed by atoms with Crippen LogP contribution in [0.1, 0.15) is 37.3 Å². The van der Waals surface area contributed by atoms with E-state index in [2.05, 4.69) is 12.2 Å². The highest BCUT2D eigenvalue weighted by atomic mass is 19.4. The number of nitrogens with one attached hydrogen (secondary N) is 1. The Kier molecular flexibility index (Phi) is 7.75. The van der Waals surface area contributed by atoms with Crippen LogP contribution in [0.4, 0.5) is 13.2 Å². The van der Waals surface area contributed by atoms with E-state index < -0.39 is 11.7 Å². The fraction of sp³-hybridized carbons (Fsp3) is 0.625. The molecule has 21 heavy (non-hydrogen) atoms. The highest BCUT2D eigenvalue weighted by Gasteiger charge is 2.29. The maximum atomic E-state index is 12.5. The highest BCUT2D eigenvalue weighted by molar-refractivity contribution is 5.25. The second-order valence-corrected chi connectivity index (χ2v) is 5.18. The summed E-state index contributed by atoms with van der Waals surface area (Å²) >= 11 is 0. The molecule has 0 saturated heterocycles. The first kappa shape index (κ1) is 18.0. The molecule has 0 aliphatic heterocycles. The van der Waals surface area contributed by atoms with E-state index in [1.807, 2.05) is 0 Å². The molecule has 0 aliphatic carbocycles. The van der Waals surface area contributed by atoms with Crippen LogP contribution in [-0.2, 0) is 17.3 Å². The quantitative estimate of drug-likeness (QED) is 0.695. The third-order valence-electron chi connectivity index (χ3n) is 3.35. The van der Waals surface area contributed by atoms with Gasteiger partial charge in [0.15, 0.2) is 0 Å². The molecule has 0 spiro atoms. The van der Waals surface area contributed by atoms with Gasteiger partial charge in [-0.15, -0.1) is 0 Å². The van der Waals surface area contributed by atoms with Gasteiger partial charge in [0.2, 0.25) is 0 Å². The SMILES string of the molecule is CCCNC(CCCOC)Cc1ccc(C(F)(F)F)cc1. The van der Waals surface area contributed by atoms with Gasteiger partial charge in [-0.2, -0.15) is 13.2 Å². The van der Waals surface area contributed by atoms with Crippen molar-refractivity contribution in [1.29, 1.82) is 0 Å². The van der Waals surface area contributed by atoms with Crippen molar-refractivity contribution in [1.82, 2.24) is 5.32 Å². The van der Waals surface area contributed by atoms with Crippen LogP contribution >= 0.6 is 0 Å². The summed E-state index contributed by atoms with van der Waals surface area (Å²) in [5, 5.41) is 3.44. The molecule has 1 unspecified atom stereocenters. The van der Waals surface area contributed by atoms with Crippen molar-refractivity contribution in [2.75, 3.05) is 20.3 Å². The summed E-state index contributed by atoms with van der Waals surface area (Å²) in [6, 6.07) is 5.72. The molecule has 1 atom stereocenters.